The molecule has 4 N–H and O–H groups in total. The quantitative estimate of drug-likeness (QED) is 0.225. The standard InChI is InChI=1S/C16H29N3OS.HI/c1-3-4-5-6-7-8-10-18-15(17)19-13-16(2,20)14-9-11-21-12-14;/h9,11-12,20H,3-8,10,13H2,1-2H3,(H3,17,18,19);1H. The highest BCUT2D eigenvalue weighted by atomic mass is 127. The second-order valence-electron chi connectivity index (χ2n) is 5.68. The monoisotopic (exact) mass is 439 g/mol. The number of aliphatic imine (C=N–C) groups is 1. The van der Waals surface area contributed by atoms with E-state index in [1.807, 2.05) is 16.8 Å². The SMILES string of the molecule is CCCCCCCCNC(N)=NCC(C)(O)c1ccsc1.I. The minimum Gasteiger partial charge on any atom is -0.383 e. The summed E-state index contributed by atoms with van der Waals surface area (Å²) in [7, 11) is 0. The van der Waals surface area contributed by atoms with Crippen LogP contribution in [0.3, 0.4) is 0 Å². The summed E-state index contributed by atoms with van der Waals surface area (Å²) in [6.07, 6.45) is 7.56. The number of nitrogens with one attached hydrogen (secondary N) is 1. The number of hydrogen-bond acceptors (Lipinski definition) is 3. The number of guanidine groups is 1. The van der Waals surface area contributed by atoms with Gasteiger partial charge in [0, 0.05) is 6.54 Å². The fourth-order valence-electron chi connectivity index (χ4n) is 2.08. The normalized spacial score (nSPS) is 14.2. The number of rotatable bonds is 10. The molecule has 0 aromatic carbocycles. The van der Waals surface area contributed by atoms with Crippen LogP contribution in [0.4, 0.5) is 0 Å². The van der Waals surface area contributed by atoms with Gasteiger partial charge in [-0.15, -0.1) is 24.0 Å². The molecule has 1 unspecified atom stereocenters. The number of thiophene rings is 1. The van der Waals surface area contributed by atoms with E-state index >= 15 is 0 Å². The zero-order valence-corrected chi connectivity index (χ0v) is 16.8. The number of unbranched alkanes of at least 4 members (excludes halogenated alkanes) is 5. The fourth-order valence-corrected chi connectivity index (χ4v) is 2.86. The molecule has 1 heterocycles. The second kappa shape index (κ2) is 12.1. The van der Waals surface area contributed by atoms with Crippen molar-refractivity contribution in [2.45, 2.75) is 58.0 Å². The first kappa shape index (κ1) is 21.7. The van der Waals surface area contributed by atoms with Crippen molar-refractivity contribution >= 4 is 41.3 Å². The Balaban J connectivity index is 0.00000441. The molecular formula is C16H30IN3OS. The minimum atomic E-state index is -0.952. The van der Waals surface area contributed by atoms with Gasteiger partial charge in [-0.25, -0.2) is 0 Å². The third-order valence-electron chi connectivity index (χ3n) is 3.54. The summed E-state index contributed by atoms with van der Waals surface area (Å²) in [4.78, 5) is 4.24. The van der Waals surface area contributed by atoms with Crippen molar-refractivity contribution in [1.29, 1.82) is 0 Å². The lowest BCUT2D eigenvalue weighted by atomic mass is 10.00. The van der Waals surface area contributed by atoms with Gasteiger partial charge in [0.25, 0.3) is 0 Å². The van der Waals surface area contributed by atoms with Crippen LogP contribution in [0.5, 0.6) is 0 Å². The van der Waals surface area contributed by atoms with Crippen molar-refractivity contribution < 1.29 is 5.11 Å². The number of nitrogens with zero attached hydrogens (tertiary/aromatic N) is 1. The zero-order chi connectivity index (χ0) is 15.6. The molecule has 22 heavy (non-hydrogen) atoms. The Labute approximate surface area is 155 Å². The molecule has 0 aliphatic rings. The van der Waals surface area contributed by atoms with E-state index in [1.54, 1.807) is 18.3 Å². The van der Waals surface area contributed by atoms with Crippen LogP contribution in [0, 0.1) is 0 Å². The smallest absolute Gasteiger partial charge is 0.188 e. The van der Waals surface area contributed by atoms with E-state index in [-0.39, 0.29) is 30.5 Å². The lowest BCUT2D eigenvalue weighted by Gasteiger charge is -2.20. The van der Waals surface area contributed by atoms with Crippen LogP contribution in [-0.4, -0.2) is 24.2 Å². The van der Waals surface area contributed by atoms with E-state index in [2.05, 4.69) is 17.2 Å². The van der Waals surface area contributed by atoms with Gasteiger partial charge in [0.05, 0.1) is 6.54 Å². The lowest BCUT2D eigenvalue weighted by Crippen LogP contribution is -2.34. The Kier molecular flexibility index (Phi) is 11.9. The molecule has 128 valence electrons. The highest BCUT2D eigenvalue weighted by Gasteiger charge is 2.22. The molecule has 1 aromatic rings. The molecular weight excluding hydrogens is 409 g/mol. The van der Waals surface area contributed by atoms with Crippen LogP contribution in [0.15, 0.2) is 21.8 Å². The van der Waals surface area contributed by atoms with Gasteiger partial charge in [-0.2, -0.15) is 11.3 Å². The molecule has 0 saturated heterocycles. The highest BCUT2D eigenvalue weighted by molar-refractivity contribution is 14.0. The molecule has 1 aromatic heterocycles. The Morgan fingerprint density at radius 1 is 1.32 bits per heavy atom. The second-order valence-corrected chi connectivity index (χ2v) is 6.46. The predicted molar refractivity (Wildman–Crippen MR) is 107 cm³/mol. The Morgan fingerprint density at radius 2 is 2.00 bits per heavy atom. The topological polar surface area (TPSA) is 70.6 Å². The molecule has 0 aliphatic heterocycles. The van der Waals surface area contributed by atoms with Crippen molar-refractivity contribution in [1.82, 2.24) is 5.32 Å². The molecule has 1 rings (SSSR count). The summed E-state index contributed by atoms with van der Waals surface area (Å²) in [6, 6.07) is 1.92. The van der Waals surface area contributed by atoms with Gasteiger partial charge in [-0.1, -0.05) is 39.0 Å². The molecule has 0 saturated carbocycles. The van der Waals surface area contributed by atoms with Gasteiger partial charge >= 0.3 is 0 Å². The summed E-state index contributed by atoms with van der Waals surface area (Å²) in [5.74, 6) is 0.416. The van der Waals surface area contributed by atoms with Crippen molar-refractivity contribution in [2.75, 3.05) is 13.1 Å². The van der Waals surface area contributed by atoms with E-state index in [9.17, 15) is 5.11 Å². The van der Waals surface area contributed by atoms with E-state index < -0.39 is 5.60 Å². The Morgan fingerprint density at radius 3 is 2.64 bits per heavy atom. The van der Waals surface area contributed by atoms with Gasteiger partial charge in [0.15, 0.2) is 5.96 Å². The maximum Gasteiger partial charge on any atom is 0.188 e. The van der Waals surface area contributed by atoms with E-state index in [4.69, 9.17) is 5.73 Å². The van der Waals surface area contributed by atoms with Crippen molar-refractivity contribution in [3.05, 3.63) is 22.4 Å². The van der Waals surface area contributed by atoms with Crippen LogP contribution in [0.1, 0.15) is 57.9 Å². The molecule has 6 heteroatoms. The first-order valence-corrected chi connectivity index (χ1v) is 8.79. The molecule has 0 fully saturated rings. The molecule has 0 bridgehead atoms. The maximum absolute atomic E-state index is 10.3. The summed E-state index contributed by atoms with van der Waals surface area (Å²) >= 11 is 1.57. The van der Waals surface area contributed by atoms with Gasteiger partial charge in [-0.05, 0) is 35.7 Å². The number of aliphatic hydroxyl groups is 1. The third-order valence-corrected chi connectivity index (χ3v) is 4.22. The maximum atomic E-state index is 10.3. The van der Waals surface area contributed by atoms with Gasteiger partial charge in [0.1, 0.15) is 5.60 Å². The lowest BCUT2D eigenvalue weighted by molar-refractivity contribution is 0.0678. The van der Waals surface area contributed by atoms with E-state index in [0.717, 1.165) is 18.5 Å². The van der Waals surface area contributed by atoms with Crippen molar-refractivity contribution in [3.63, 3.8) is 0 Å². The third kappa shape index (κ3) is 8.95. The van der Waals surface area contributed by atoms with E-state index in [1.165, 1.54) is 32.1 Å². The molecule has 0 amide bonds. The summed E-state index contributed by atoms with van der Waals surface area (Å²) in [5, 5.41) is 17.3. The van der Waals surface area contributed by atoms with Crippen LogP contribution >= 0.6 is 35.3 Å². The van der Waals surface area contributed by atoms with Gasteiger partial charge < -0.3 is 16.2 Å². The predicted octanol–water partition coefficient (Wildman–Crippen LogP) is 3.84. The van der Waals surface area contributed by atoms with Crippen LogP contribution in [-0.2, 0) is 5.60 Å². The van der Waals surface area contributed by atoms with E-state index in [0.29, 0.717) is 5.96 Å². The average Bonchev–Trinajstić information content (AvgIpc) is 2.99. The fraction of sp³-hybridized carbons (Fsp3) is 0.688. The molecule has 0 spiro atoms. The Bertz CT molecular complexity index is 408. The van der Waals surface area contributed by atoms with Crippen molar-refractivity contribution in [3.8, 4) is 0 Å². The summed E-state index contributed by atoms with van der Waals surface area (Å²) in [5.41, 5.74) is 5.76. The first-order valence-electron chi connectivity index (χ1n) is 7.85. The van der Waals surface area contributed by atoms with Crippen LogP contribution in [0.2, 0.25) is 0 Å². The highest BCUT2D eigenvalue weighted by Crippen LogP contribution is 2.22. The largest absolute Gasteiger partial charge is 0.383 e. The number of halogens is 1. The van der Waals surface area contributed by atoms with Crippen LogP contribution in [0.25, 0.3) is 0 Å². The summed E-state index contributed by atoms with van der Waals surface area (Å²) < 4.78 is 0. The molecule has 1 atom stereocenters. The van der Waals surface area contributed by atoms with Crippen molar-refractivity contribution in [2.24, 2.45) is 10.7 Å². The molecule has 4 nitrogen and oxygen atoms in total. The zero-order valence-electron chi connectivity index (χ0n) is 13.7. The molecule has 0 aliphatic carbocycles. The first-order chi connectivity index (χ1) is 10.1. The average molecular weight is 439 g/mol. The Hall–Kier alpha value is -0.340. The van der Waals surface area contributed by atoms with Gasteiger partial charge in [0.2, 0.25) is 0 Å². The number of nitrogens with two attached hydrogens (primary N) is 1. The number of hydrogen-bond donors (Lipinski definition) is 3. The van der Waals surface area contributed by atoms with Gasteiger partial charge in [-0.3, -0.25) is 4.99 Å². The molecule has 0 radical (unpaired) electrons. The summed E-state index contributed by atoms with van der Waals surface area (Å²) in [6.45, 7) is 5.12. The minimum absolute atomic E-state index is 0. The van der Waals surface area contributed by atoms with Crippen LogP contribution < -0.4 is 11.1 Å².